The summed E-state index contributed by atoms with van der Waals surface area (Å²) in [4.78, 5) is 92.0. The Labute approximate surface area is 489 Å². The Kier molecular flexibility index (Phi) is 17.7. The monoisotopic (exact) mass is 1180 g/mol. The molecule has 6 heterocycles. The number of amides is 3. The molecule has 27 heteroatoms. The van der Waals surface area contributed by atoms with E-state index in [0.717, 1.165) is 12.3 Å². The Morgan fingerprint density at radius 3 is 1.23 bits per heavy atom. The molecule has 0 saturated carbocycles. The van der Waals surface area contributed by atoms with E-state index in [1.165, 1.54) is 76.8 Å². The fourth-order valence-corrected chi connectivity index (χ4v) is 7.90. The van der Waals surface area contributed by atoms with Crippen molar-refractivity contribution in [3.8, 4) is 52.1 Å². The van der Waals surface area contributed by atoms with Crippen LogP contribution in [0.1, 0.15) is 48.9 Å². The van der Waals surface area contributed by atoms with Crippen molar-refractivity contribution in [1.29, 1.82) is 0 Å². The van der Waals surface area contributed by atoms with Gasteiger partial charge in [0.1, 0.15) is 35.2 Å². The minimum atomic E-state index is -0.730. The number of aromatic nitrogens is 7. The molecule has 2 aliphatic rings. The van der Waals surface area contributed by atoms with Crippen LogP contribution in [0.5, 0.6) is 52.1 Å². The van der Waals surface area contributed by atoms with Crippen molar-refractivity contribution in [1.82, 2.24) is 45.5 Å². The molecule has 10 aromatic rings. The zero-order chi connectivity index (χ0) is 61.0. The van der Waals surface area contributed by atoms with Crippen LogP contribution in [0.2, 0.25) is 0 Å². The summed E-state index contributed by atoms with van der Waals surface area (Å²) in [6.45, 7) is 2.23. The number of fused-ring (bicyclic) bond motifs is 3. The number of halogens is 3. The third kappa shape index (κ3) is 14.1. The fraction of sp³-hybridized carbons (Fsp3) is 0.100. The highest BCUT2D eigenvalue weighted by molar-refractivity contribution is 6.12. The van der Waals surface area contributed by atoms with Gasteiger partial charge in [-0.3, -0.25) is 34.8 Å². The van der Waals surface area contributed by atoms with Gasteiger partial charge >= 0.3 is 6.01 Å². The van der Waals surface area contributed by atoms with E-state index in [2.05, 4.69) is 65.8 Å². The number of ketones is 1. The number of rotatable bonds is 14. The molecule has 3 N–H and O–H groups in total. The van der Waals surface area contributed by atoms with Crippen molar-refractivity contribution < 1.29 is 65.2 Å². The molecule has 4 aromatic heterocycles. The first kappa shape index (κ1) is 58.2. The second-order valence-corrected chi connectivity index (χ2v) is 17.9. The number of amidine groups is 1. The highest BCUT2D eigenvalue weighted by Gasteiger charge is 2.25. The van der Waals surface area contributed by atoms with Gasteiger partial charge in [0.15, 0.2) is 57.4 Å². The van der Waals surface area contributed by atoms with Crippen LogP contribution in [0, 0.1) is 17.5 Å². The number of carbonyl (C=O) groups excluding carboxylic acids is 4. The van der Waals surface area contributed by atoms with Gasteiger partial charge in [0.25, 0.3) is 35.4 Å². The zero-order valence-corrected chi connectivity index (χ0v) is 45.9. The van der Waals surface area contributed by atoms with Crippen LogP contribution in [-0.2, 0) is 0 Å². The van der Waals surface area contributed by atoms with Crippen molar-refractivity contribution in [3.05, 3.63) is 186 Å². The maximum atomic E-state index is 13.5. The molecule has 87 heavy (non-hydrogen) atoms. The molecule has 0 unspecified atom stereocenters. The van der Waals surface area contributed by atoms with Gasteiger partial charge in [0.05, 0.1) is 67.5 Å². The van der Waals surface area contributed by atoms with E-state index in [4.69, 9.17) is 32.8 Å². The van der Waals surface area contributed by atoms with Crippen LogP contribution >= 0.6 is 0 Å². The van der Waals surface area contributed by atoms with Crippen molar-refractivity contribution in [3.63, 3.8) is 0 Å². The number of anilines is 1. The summed E-state index contributed by atoms with van der Waals surface area (Å²) in [6, 6.07) is 32.1. The van der Waals surface area contributed by atoms with Crippen molar-refractivity contribution in [2.45, 2.75) is 6.92 Å². The van der Waals surface area contributed by atoms with E-state index in [1.54, 1.807) is 85.1 Å². The van der Waals surface area contributed by atoms with E-state index in [0.29, 0.717) is 52.0 Å². The summed E-state index contributed by atoms with van der Waals surface area (Å²) in [5.41, 5.74) is 2.87. The molecule has 2 aliphatic heterocycles. The Hall–Kier alpha value is -12.0. The van der Waals surface area contributed by atoms with Gasteiger partial charge in [-0.15, -0.1) is 0 Å². The van der Waals surface area contributed by atoms with E-state index in [-0.39, 0.29) is 92.7 Å². The molecular weight excluding hydrogens is 1140 g/mol. The smallest absolute Gasteiger partial charge is 0.302 e. The minimum absolute atomic E-state index is 0.0203. The standard InChI is InChI=1S/C21H15FN4O5.C20H15FN4O3.C19H14FN5O3/c1-11(27)15-10-30-21(25-15)26-19(28)18-20(24-14-6-4-3-5-13(14)23-18)31-16-8-7-12(22)9-17(16)29-2;1-27-16-11-12(21)8-9-15(16)28-20-18(19(26)25-17-7-4-10-22-17)23-13-5-2-3-6-14(13)24-20;1-27-15-10-11(20)6-7-14(15)28-18-16(17(26)25-19-21-8-9-22-19)23-12-4-2-3-5-13(12)24-18/h3-10H,1-2H3,(H,25,26,28);2-9,11H,10H2,1H3,(H,22,25,26);2-8,10H,9H2,1H3,(H,22,25,26). The normalized spacial score (nSPS) is 12.0. The second kappa shape index (κ2) is 26.5. The molecule has 0 saturated heterocycles. The molecule has 0 bridgehead atoms. The molecule has 436 valence electrons. The third-order valence-corrected chi connectivity index (χ3v) is 12.0. The van der Waals surface area contributed by atoms with Gasteiger partial charge < -0.3 is 38.2 Å². The third-order valence-electron chi connectivity index (χ3n) is 12.0. The van der Waals surface area contributed by atoms with Crippen LogP contribution in [0.4, 0.5) is 19.2 Å². The largest absolute Gasteiger partial charge is 0.493 e. The minimum Gasteiger partial charge on any atom is -0.493 e. The Morgan fingerprint density at radius 2 is 0.874 bits per heavy atom. The maximum absolute atomic E-state index is 13.5. The molecule has 0 spiro atoms. The quantitative estimate of drug-likeness (QED) is 0.0853. The van der Waals surface area contributed by atoms with Gasteiger partial charge in [-0.05, 0) is 78.9 Å². The van der Waals surface area contributed by atoms with E-state index >= 15 is 0 Å². The first-order valence-corrected chi connectivity index (χ1v) is 25.8. The number of aliphatic imine (C=N–C) groups is 3. The summed E-state index contributed by atoms with van der Waals surface area (Å²) < 4.78 is 78.3. The molecule has 0 aliphatic carbocycles. The second-order valence-electron chi connectivity index (χ2n) is 17.9. The van der Waals surface area contributed by atoms with Crippen LogP contribution < -0.4 is 44.4 Å². The molecular formula is C60H44F3N13O11. The van der Waals surface area contributed by atoms with Crippen molar-refractivity contribution >= 4 is 80.6 Å². The topological polar surface area (TPSA) is 300 Å². The summed E-state index contributed by atoms with van der Waals surface area (Å²) in [6.07, 6.45) is 6.23. The maximum Gasteiger partial charge on any atom is 0.302 e. The lowest BCUT2D eigenvalue weighted by atomic mass is 10.2. The lowest BCUT2D eigenvalue weighted by molar-refractivity contribution is 0.0960. The lowest BCUT2D eigenvalue weighted by Gasteiger charge is -2.13. The average molecular weight is 1180 g/mol. The summed E-state index contributed by atoms with van der Waals surface area (Å²) in [5.74, 6) is -2.23. The molecule has 12 rings (SSSR count). The number of ether oxygens (including phenoxy) is 6. The van der Waals surface area contributed by atoms with E-state index < -0.39 is 35.2 Å². The van der Waals surface area contributed by atoms with Crippen LogP contribution in [0.25, 0.3) is 33.1 Å². The number of nitrogens with zero attached hydrogens (tertiary/aromatic N) is 10. The number of oxazole rings is 1. The first-order valence-electron chi connectivity index (χ1n) is 25.8. The van der Waals surface area contributed by atoms with E-state index in [1.807, 2.05) is 6.08 Å². The van der Waals surface area contributed by atoms with Crippen molar-refractivity contribution in [2.24, 2.45) is 15.0 Å². The number of Topliss-reactive ketones (excluding diaryl/α,β-unsaturated/α-hetero) is 1. The van der Waals surface area contributed by atoms with Crippen LogP contribution in [0.3, 0.4) is 0 Å². The first-order chi connectivity index (χ1) is 42.2. The lowest BCUT2D eigenvalue weighted by Crippen LogP contribution is -2.29. The molecule has 0 fully saturated rings. The Balaban J connectivity index is 0.000000145. The number of para-hydroxylation sites is 6. The predicted octanol–water partition coefficient (Wildman–Crippen LogP) is 10.0. The molecule has 3 amide bonds. The fourth-order valence-electron chi connectivity index (χ4n) is 7.90. The number of hydrogen-bond donors (Lipinski definition) is 3. The number of methoxy groups -OCH3 is 3. The van der Waals surface area contributed by atoms with Gasteiger partial charge in [-0.25, -0.2) is 53.1 Å². The van der Waals surface area contributed by atoms with Crippen LogP contribution in [-0.4, -0.2) is 111 Å². The van der Waals surface area contributed by atoms with Crippen molar-refractivity contribution in [2.75, 3.05) is 39.7 Å². The highest BCUT2D eigenvalue weighted by atomic mass is 19.1. The SMILES string of the molecule is COc1cc(F)ccc1Oc1nc2ccccc2nc1C(=O)NC1=NCC=C1.COc1cc(F)ccc1Oc1nc2ccccc2nc1C(=O)NC1=NCC=N1.COc1cc(F)ccc1Oc1nc2ccccc2nc1C(=O)Nc1nc(C(C)=O)co1. The molecule has 0 atom stereocenters. The number of benzene rings is 6. The number of hydrogen-bond acceptors (Lipinski definition) is 21. The molecule has 0 radical (unpaired) electrons. The number of nitrogens with one attached hydrogen (secondary N) is 3. The Morgan fingerprint density at radius 1 is 0.471 bits per heavy atom. The number of carbonyl (C=O) groups is 4. The Bertz CT molecular complexity index is 4270. The van der Waals surface area contributed by atoms with Crippen LogP contribution in [0.15, 0.2) is 165 Å². The van der Waals surface area contributed by atoms with Gasteiger partial charge in [0, 0.05) is 31.3 Å². The van der Waals surface area contributed by atoms with Gasteiger partial charge in [0.2, 0.25) is 5.96 Å². The predicted molar refractivity (Wildman–Crippen MR) is 309 cm³/mol. The van der Waals surface area contributed by atoms with Gasteiger partial charge in [-0.2, -0.15) is 4.98 Å². The summed E-state index contributed by atoms with van der Waals surface area (Å²) in [7, 11) is 4.14. The molecule has 6 aromatic carbocycles. The zero-order valence-electron chi connectivity index (χ0n) is 45.9. The molecule has 24 nitrogen and oxygen atoms in total. The average Bonchev–Trinajstić information content (AvgIpc) is 3.32. The highest BCUT2D eigenvalue weighted by Crippen LogP contribution is 2.36. The van der Waals surface area contributed by atoms with E-state index in [9.17, 15) is 32.3 Å². The number of guanidine groups is 1. The summed E-state index contributed by atoms with van der Waals surface area (Å²) >= 11 is 0. The van der Waals surface area contributed by atoms with Gasteiger partial charge in [-0.1, -0.05) is 42.5 Å². The summed E-state index contributed by atoms with van der Waals surface area (Å²) in [5, 5.41) is 7.66.